The Labute approximate surface area is 98.8 Å². The first kappa shape index (κ1) is 11.0. The molecule has 5 heteroatoms. The lowest BCUT2D eigenvalue weighted by Crippen LogP contribution is -2.11. The molecule has 0 fully saturated rings. The summed E-state index contributed by atoms with van der Waals surface area (Å²) < 4.78 is 0. The third kappa shape index (κ3) is 2.76. The number of thiazole rings is 1. The maximum Gasteiger partial charge on any atom is 0.129 e. The molecule has 2 heterocycles. The van der Waals surface area contributed by atoms with Crippen LogP contribution in [0.3, 0.4) is 0 Å². The minimum atomic E-state index is 0.398. The fraction of sp³-hybridized carbons (Fsp3) is 0.364. The van der Waals surface area contributed by atoms with Crippen LogP contribution in [-0.2, 0) is 0 Å². The molecule has 1 atom stereocenters. The standard InChI is InChI=1S/C11H14N4S/c1-8(11-13-5-6-16-11)7-14-10-3-4-12-9(2)15-10/h3-6,8H,7H2,1-2H3,(H,12,14,15). The topological polar surface area (TPSA) is 50.7 Å². The van der Waals surface area contributed by atoms with E-state index in [2.05, 4.69) is 27.2 Å². The molecule has 1 N–H and O–H groups in total. The molecule has 0 amide bonds. The van der Waals surface area contributed by atoms with Gasteiger partial charge >= 0.3 is 0 Å². The average Bonchev–Trinajstić information content (AvgIpc) is 2.79. The highest BCUT2D eigenvalue weighted by molar-refractivity contribution is 7.09. The van der Waals surface area contributed by atoms with Crippen molar-refractivity contribution < 1.29 is 0 Å². The third-order valence-corrected chi connectivity index (χ3v) is 3.25. The van der Waals surface area contributed by atoms with Gasteiger partial charge in [-0.3, -0.25) is 0 Å². The third-order valence-electron chi connectivity index (χ3n) is 2.24. The minimum absolute atomic E-state index is 0.398. The predicted molar refractivity (Wildman–Crippen MR) is 65.8 cm³/mol. The summed E-state index contributed by atoms with van der Waals surface area (Å²) in [6.45, 7) is 4.87. The zero-order valence-electron chi connectivity index (χ0n) is 9.34. The Morgan fingerprint density at radius 1 is 1.38 bits per heavy atom. The van der Waals surface area contributed by atoms with Crippen LogP contribution in [0.25, 0.3) is 0 Å². The number of rotatable bonds is 4. The molecule has 16 heavy (non-hydrogen) atoms. The SMILES string of the molecule is Cc1nccc(NCC(C)c2nccs2)n1. The van der Waals surface area contributed by atoms with Crippen LogP contribution in [0.2, 0.25) is 0 Å². The Bertz CT molecular complexity index is 441. The van der Waals surface area contributed by atoms with Gasteiger partial charge in [-0.15, -0.1) is 11.3 Å². The van der Waals surface area contributed by atoms with E-state index in [4.69, 9.17) is 0 Å². The summed E-state index contributed by atoms with van der Waals surface area (Å²) in [6, 6.07) is 1.88. The van der Waals surface area contributed by atoms with Gasteiger partial charge in [-0.2, -0.15) is 0 Å². The van der Waals surface area contributed by atoms with Crippen molar-refractivity contribution in [1.82, 2.24) is 15.0 Å². The van der Waals surface area contributed by atoms with E-state index in [0.29, 0.717) is 5.92 Å². The van der Waals surface area contributed by atoms with Gasteiger partial charge in [0, 0.05) is 30.2 Å². The van der Waals surface area contributed by atoms with E-state index >= 15 is 0 Å². The van der Waals surface area contributed by atoms with Crippen molar-refractivity contribution >= 4 is 17.2 Å². The number of hydrogen-bond donors (Lipinski definition) is 1. The van der Waals surface area contributed by atoms with Crippen molar-refractivity contribution in [2.24, 2.45) is 0 Å². The van der Waals surface area contributed by atoms with Crippen molar-refractivity contribution in [3.05, 3.63) is 34.7 Å². The van der Waals surface area contributed by atoms with E-state index in [-0.39, 0.29) is 0 Å². The molecule has 1 unspecified atom stereocenters. The van der Waals surface area contributed by atoms with Crippen LogP contribution in [0.15, 0.2) is 23.8 Å². The number of anilines is 1. The van der Waals surface area contributed by atoms with E-state index in [1.54, 1.807) is 17.5 Å². The van der Waals surface area contributed by atoms with Crippen LogP contribution in [0.1, 0.15) is 23.7 Å². The van der Waals surface area contributed by atoms with Crippen molar-refractivity contribution in [1.29, 1.82) is 0 Å². The number of aromatic nitrogens is 3. The lowest BCUT2D eigenvalue weighted by molar-refractivity contribution is 0.790. The van der Waals surface area contributed by atoms with Gasteiger partial charge in [0.05, 0.1) is 5.01 Å². The Balaban J connectivity index is 1.92. The summed E-state index contributed by atoms with van der Waals surface area (Å²) in [6.07, 6.45) is 3.60. The molecular formula is C11H14N4S. The highest BCUT2D eigenvalue weighted by Crippen LogP contribution is 2.17. The Morgan fingerprint density at radius 3 is 2.94 bits per heavy atom. The highest BCUT2D eigenvalue weighted by Gasteiger charge is 2.07. The second kappa shape index (κ2) is 5.03. The van der Waals surface area contributed by atoms with E-state index in [1.807, 2.05) is 24.6 Å². The molecule has 0 bridgehead atoms. The minimum Gasteiger partial charge on any atom is -0.369 e. The lowest BCUT2D eigenvalue weighted by atomic mass is 10.2. The van der Waals surface area contributed by atoms with Crippen LogP contribution in [0, 0.1) is 6.92 Å². The lowest BCUT2D eigenvalue weighted by Gasteiger charge is -2.10. The molecule has 0 radical (unpaired) electrons. The molecule has 2 aromatic rings. The van der Waals surface area contributed by atoms with Crippen LogP contribution in [0.5, 0.6) is 0 Å². The highest BCUT2D eigenvalue weighted by atomic mass is 32.1. The van der Waals surface area contributed by atoms with E-state index in [1.165, 1.54) is 0 Å². The van der Waals surface area contributed by atoms with Gasteiger partial charge in [0.2, 0.25) is 0 Å². The second-order valence-electron chi connectivity index (χ2n) is 3.64. The number of aryl methyl sites for hydroxylation is 1. The molecule has 0 aliphatic carbocycles. The van der Waals surface area contributed by atoms with Gasteiger partial charge in [-0.1, -0.05) is 6.92 Å². The first-order valence-corrected chi connectivity index (χ1v) is 6.06. The molecule has 0 aromatic carbocycles. The molecule has 0 aliphatic heterocycles. The molecule has 84 valence electrons. The molecule has 0 aliphatic rings. The summed E-state index contributed by atoms with van der Waals surface area (Å²) in [7, 11) is 0. The van der Waals surface area contributed by atoms with E-state index in [9.17, 15) is 0 Å². The molecular weight excluding hydrogens is 220 g/mol. The smallest absolute Gasteiger partial charge is 0.129 e. The summed E-state index contributed by atoms with van der Waals surface area (Å²) in [5.74, 6) is 2.05. The summed E-state index contributed by atoms with van der Waals surface area (Å²) in [5, 5.41) is 6.44. The van der Waals surface area contributed by atoms with Gasteiger partial charge in [-0.25, -0.2) is 15.0 Å². The van der Waals surface area contributed by atoms with Gasteiger partial charge in [0.25, 0.3) is 0 Å². The molecule has 4 nitrogen and oxygen atoms in total. The van der Waals surface area contributed by atoms with Gasteiger partial charge < -0.3 is 5.32 Å². The zero-order chi connectivity index (χ0) is 11.4. The fourth-order valence-corrected chi connectivity index (χ4v) is 2.08. The summed E-state index contributed by atoms with van der Waals surface area (Å²) in [5.41, 5.74) is 0. The molecule has 2 aromatic heterocycles. The monoisotopic (exact) mass is 234 g/mol. The van der Waals surface area contributed by atoms with Crippen molar-refractivity contribution in [3.8, 4) is 0 Å². The quantitative estimate of drug-likeness (QED) is 0.883. The summed E-state index contributed by atoms with van der Waals surface area (Å²) >= 11 is 1.69. The van der Waals surface area contributed by atoms with E-state index < -0.39 is 0 Å². The van der Waals surface area contributed by atoms with Crippen molar-refractivity contribution in [3.63, 3.8) is 0 Å². The van der Waals surface area contributed by atoms with Crippen molar-refractivity contribution in [2.75, 3.05) is 11.9 Å². The normalized spacial score (nSPS) is 12.4. The number of nitrogens with one attached hydrogen (secondary N) is 1. The maximum absolute atomic E-state index is 4.29. The van der Waals surface area contributed by atoms with Crippen LogP contribution in [-0.4, -0.2) is 21.5 Å². The largest absolute Gasteiger partial charge is 0.369 e. The van der Waals surface area contributed by atoms with Crippen LogP contribution >= 0.6 is 11.3 Å². The summed E-state index contributed by atoms with van der Waals surface area (Å²) in [4.78, 5) is 12.6. The number of nitrogens with zero attached hydrogens (tertiary/aromatic N) is 3. The zero-order valence-corrected chi connectivity index (χ0v) is 10.2. The number of hydrogen-bond acceptors (Lipinski definition) is 5. The van der Waals surface area contributed by atoms with Gasteiger partial charge in [0.15, 0.2) is 0 Å². The maximum atomic E-state index is 4.29. The first-order valence-electron chi connectivity index (χ1n) is 5.18. The Hall–Kier alpha value is -1.49. The van der Waals surface area contributed by atoms with E-state index in [0.717, 1.165) is 23.2 Å². The molecule has 2 rings (SSSR count). The molecule has 0 saturated carbocycles. The van der Waals surface area contributed by atoms with Gasteiger partial charge in [0.1, 0.15) is 11.6 Å². The Morgan fingerprint density at radius 2 is 2.25 bits per heavy atom. The van der Waals surface area contributed by atoms with Crippen LogP contribution in [0.4, 0.5) is 5.82 Å². The molecule has 0 saturated heterocycles. The van der Waals surface area contributed by atoms with Crippen molar-refractivity contribution in [2.45, 2.75) is 19.8 Å². The molecule has 0 spiro atoms. The van der Waals surface area contributed by atoms with Crippen LogP contribution < -0.4 is 5.32 Å². The Kier molecular flexibility index (Phi) is 3.46. The first-order chi connectivity index (χ1) is 7.75. The predicted octanol–water partition coefficient (Wildman–Crippen LogP) is 2.46. The van der Waals surface area contributed by atoms with Gasteiger partial charge in [-0.05, 0) is 13.0 Å². The second-order valence-corrected chi connectivity index (χ2v) is 4.57. The average molecular weight is 234 g/mol. The fourth-order valence-electron chi connectivity index (χ4n) is 1.38.